The van der Waals surface area contributed by atoms with Crippen LogP contribution in [0.2, 0.25) is 0 Å². The van der Waals surface area contributed by atoms with E-state index in [1.54, 1.807) is 0 Å². The van der Waals surface area contributed by atoms with Crippen LogP contribution in [0, 0.1) is 11.7 Å². The van der Waals surface area contributed by atoms with Crippen molar-refractivity contribution in [3.05, 3.63) is 29.6 Å². The number of anilines is 1. The Morgan fingerprint density at radius 1 is 1.50 bits per heavy atom. The summed E-state index contributed by atoms with van der Waals surface area (Å²) in [6, 6.07) is 3.85. The zero-order valence-corrected chi connectivity index (χ0v) is 9.50. The molecule has 0 fully saturated rings. The summed E-state index contributed by atoms with van der Waals surface area (Å²) in [7, 11) is 0. The Hall–Kier alpha value is -1.58. The maximum atomic E-state index is 13.2. The molecule has 88 valence electrons. The third-order valence-electron chi connectivity index (χ3n) is 2.14. The van der Waals surface area contributed by atoms with Crippen molar-refractivity contribution in [1.29, 1.82) is 0 Å². The van der Waals surface area contributed by atoms with Crippen molar-refractivity contribution in [2.75, 3.05) is 12.3 Å². The molecule has 0 atom stereocenters. The van der Waals surface area contributed by atoms with E-state index in [0.29, 0.717) is 18.2 Å². The molecule has 2 N–H and O–H groups in total. The summed E-state index contributed by atoms with van der Waals surface area (Å²) in [5.74, 6) is -0.826. The lowest BCUT2D eigenvalue weighted by molar-refractivity contribution is 0.0483. The van der Waals surface area contributed by atoms with E-state index >= 15 is 0 Å². The van der Waals surface area contributed by atoms with E-state index in [4.69, 9.17) is 10.5 Å². The van der Waals surface area contributed by atoms with E-state index in [1.807, 2.05) is 13.8 Å². The van der Waals surface area contributed by atoms with Crippen LogP contribution in [0.5, 0.6) is 0 Å². The Kier molecular flexibility index (Phi) is 4.28. The monoisotopic (exact) mass is 225 g/mol. The number of nitrogen functional groups attached to an aromatic ring is 1. The lowest BCUT2D eigenvalue weighted by atomic mass is 10.1. The summed E-state index contributed by atoms with van der Waals surface area (Å²) < 4.78 is 18.2. The molecule has 1 rings (SSSR count). The van der Waals surface area contributed by atoms with Gasteiger partial charge < -0.3 is 10.5 Å². The molecule has 0 heterocycles. The predicted molar refractivity (Wildman–Crippen MR) is 60.5 cm³/mol. The Labute approximate surface area is 94.4 Å². The molecule has 0 bridgehead atoms. The number of esters is 1. The van der Waals surface area contributed by atoms with Gasteiger partial charge in [-0.15, -0.1) is 0 Å². The molecule has 0 saturated carbocycles. The van der Waals surface area contributed by atoms with Crippen molar-refractivity contribution in [3.8, 4) is 0 Å². The van der Waals surface area contributed by atoms with E-state index in [-0.39, 0.29) is 5.56 Å². The number of nitrogens with two attached hydrogens (primary N) is 1. The first-order chi connectivity index (χ1) is 7.50. The minimum absolute atomic E-state index is 0.108. The van der Waals surface area contributed by atoms with Crippen LogP contribution in [0.15, 0.2) is 18.2 Å². The van der Waals surface area contributed by atoms with Crippen LogP contribution in [0.1, 0.15) is 30.6 Å². The minimum Gasteiger partial charge on any atom is -0.462 e. The van der Waals surface area contributed by atoms with Gasteiger partial charge in [0.2, 0.25) is 0 Å². The van der Waals surface area contributed by atoms with Gasteiger partial charge in [-0.05, 0) is 30.5 Å². The third kappa shape index (κ3) is 3.53. The average molecular weight is 225 g/mol. The van der Waals surface area contributed by atoms with Crippen LogP contribution >= 0.6 is 0 Å². The molecular formula is C12H16FNO2. The SMILES string of the molecule is CC(C)CCOC(=O)c1cc(N)ccc1F. The Morgan fingerprint density at radius 2 is 2.19 bits per heavy atom. The summed E-state index contributed by atoms with van der Waals surface area (Å²) in [4.78, 5) is 11.5. The Balaban J connectivity index is 2.62. The second-order valence-electron chi connectivity index (χ2n) is 4.06. The van der Waals surface area contributed by atoms with Crippen molar-refractivity contribution in [3.63, 3.8) is 0 Å². The van der Waals surface area contributed by atoms with Gasteiger partial charge in [0.1, 0.15) is 5.82 Å². The first kappa shape index (κ1) is 12.5. The Morgan fingerprint density at radius 3 is 2.81 bits per heavy atom. The van der Waals surface area contributed by atoms with Crippen molar-refractivity contribution in [2.45, 2.75) is 20.3 Å². The summed E-state index contributed by atoms with van der Waals surface area (Å²) in [6.07, 6.45) is 0.760. The number of hydrogen-bond donors (Lipinski definition) is 1. The molecule has 0 amide bonds. The van der Waals surface area contributed by atoms with Gasteiger partial charge in [-0.3, -0.25) is 0 Å². The number of benzene rings is 1. The number of carbonyl (C=O) groups excluding carboxylic acids is 1. The predicted octanol–water partition coefficient (Wildman–Crippen LogP) is 2.61. The molecule has 0 aliphatic carbocycles. The van der Waals surface area contributed by atoms with Crippen LogP contribution in [-0.4, -0.2) is 12.6 Å². The highest BCUT2D eigenvalue weighted by Crippen LogP contribution is 2.13. The second kappa shape index (κ2) is 5.49. The van der Waals surface area contributed by atoms with Gasteiger partial charge >= 0.3 is 5.97 Å². The normalized spacial score (nSPS) is 10.5. The van der Waals surface area contributed by atoms with Crippen molar-refractivity contribution < 1.29 is 13.9 Å². The van der Waals surface area contributed by atoms with Crippen molar-refractivity contribution in [1.82, 2.24) is 0 Å². The summed E-state index contributed by atoms with van der Waals surface area (Å²) in [5, 5.41) is 0. The topological polar surface area (TPSA) is 52.3 Å². The smallest absolute Gasteiger partial charge is 0.341 e. The molecule has 0 unspecified atom stereocenters. The molecule has 1 aromatic rings. The van der Waals surface area contributed by atoms with Crippen LogP contribution in [-0.2, 0) is 4.74 Å². The Bertz CT molecular complexity index is 377. The molecule has 0 radical (unpaired) electrons. The molecule has 1 aromatic carbocycles. The van der Waals surface area contributed by atoms with Gasteiger partial charge in [-0.1, -0.05) is 13.8 Å². The molecule has 16 heavy (non-hydrogen) atoms. The van der Waals surface area contributed by atoms with E-state index < -0.39 is 11.8 Å². The number of halogens is 1. The molecule has 0 saturated heterocycles. The number of hydrogen-bond acceptors (Lipinski definition) is 3. The lowest BCUT2D eigenvalue weighted by Crippen LogP contribution is -2.10. The van der Waals surface area contributed by atoms with Crippen LogP contribution in [0.25, 0.3) is 0 Å². The molecule has 3 nitrogen and oxygen atoms in total. The summed E-state index contributed by atoms with van der Waals surface area (Å²) in [6.45, 7) is 4.34. The van der Waals surface area contributed by atoms with E-state index in [2.05, 4.69) is 0 Å². The molecular weight excluding hydrogens is 209 g/mol. The largest absolute Gasteiger partial charge is 0.462 e. The van der Waals surface area contributed by atoms with Crippen LogP contribution in [0.4, 0.5) is 10.1 Å². The standard InChI is InChI=1S/C12H16FNO2/c1-8(2)5-6-16-12(15)10-7-9(14)3-4-11(10)13/h3-4,7-8H,5-6,14H2,1-2H3. The second-order valence-corrected chi connectivity index (χ2v) is 4.06. The van der Waals surface area contributed by atoms with Gasteiger partial charge in [0.15, 0.2) is 0 Å². The summed E-state index contributed by atoms with van der Waals surface area (Å²) in [5.41, 5.74) is 5.70. The van der Waals surface area contributed by atoms with Crippen LogP contribution < -0.4 is 5.73 Å². The van der Waals surface area contributed by atoms with Crippen LogP contribution in [0.3, 0.4) is 0 Å². The minimum atomic E-state index is -0.662. The number of ether oxygens (including phenoxy) is 1. The molecule has 0 aliphatic heterocycles. The van der Waals surface area contributed by atoms with Gasteiger partial charge in [0, 0.05) is 5.69 Å². The molecule has 0 spiro atoms. The quantitative estimate of drug-likeness (QED) is 0.633. The highest BCUT2D eigenvalue weighted by Gasteiger charge is 2.13. The van der Waals surface area contributed by atoms with Gasteiger partial charge in [0.25, 0.3) is 0 Å². The fourth-order valence-corrected chi connectivity index (χ4v) is 1.16. The van der Waals surface area contributed by atoms with Crippen molar-refractivity contribution >= 4 is 11.7 Å². The molecule has 4 heteroatoms. The van der Waals surface area contributed by atoms with E-state index in [0.717, 1.165) is 12.5 Å². The summed E-state index contributed by atoms with van der Waals surface area (Å²) >= 11 is 0. The average Bonchev–Trinajstić information content (AvgIpc) is 2.21. The van der Waals surface area contributed by atoms with Gasteiger partial charge in [-0.2, -0.15) is 0 Å². The lowest BCUT2D eigenvalue weighted by Gasteiger charge is -2.07. The van der Waals surface area contributed by atoms with Crippen molar-refractivity contribution in [2.24, 2.45) is 5.92 Å². The first-order valence-electron chi connectivity index (χ1n) is 5.23. The number of carbonyl (C=O) groups is 1. The maximum absolute atomic E-state index is 13.2. The zero-order chi connectivity index (χ0) is 12.1. The van der Waals surface area contributed by atoms with Gasteiger partial charge in [0.05, 0.1) is 12.2 Å². The fourth-order valence-electron chi connectivity index (χ4n) is 1.16. The zero-order valence-electron chi connectivity index (χ0n) is 9.50. The van der Waals surface area contributed by atoms with E-state index in [1.165, 1.54) is 12.1 Å². The maximum Gasteiger partial charge on any atom is 0.341 e. The number of rotatable bonds is 4. The third-order valence-corrected chi connectivity index (χ3v) is 2.14. The highest BCUT2D eigenvalue weighted by molar-refractivity contribution is 5.90. The fraction of sp³-hybridized carbons (Fsp3) is 0.417. The molecule has 0 aliphatic rings. The van der Waals surface area contributed by atoms with Gasteiger partial charge in [-0.25, -0.2) is 9.18 Å². The highest BCUT2D eigenvalue weighted by atomic mass is 19.1. The first-order valence-corrected chi connectivity index (χ1v) is 5.23. The van der Waals surface area contributed by atoms with E-state index in [9.17, 15) is 9.18 Å². The molecule has 0 aromatic heterocycles.